The van der Waals surface area contributed by atoms with Gasteiger partial charge in [0.2, 0.25) is 15.9 Å². The Morgan fingerprint density at radius 2 is 1.82 bits per heavy atom. The first-order valence-electron chi connectivity index (χ1n) is 12.0. The highest BCUT2D eigenvalue weighted by Gasteiger charge is 2.64. The van der Waals surface area contributed by atoms with Crippen molar-refractivity contribution < 1.29 is 13.2 Å². The van der Waals surface area contributed by atoms with Crippen LogP contribution in [0.2, 0.25) is 0 Å². The molecule has 3 heterocycles. The van der Waals surface area contributed by atoms with E-state index < -0.39 is 10.0 Å². The first-order chi connectivity index (χ1) is 15.6. The zero-order valence-electron chi connectivity index (χ0n) is 19.9. The molecule has 8 heteroatoms. The predicted octanol–water partition coefficient (Wildman–Crippen LogP) is 3.28. The van der Waals surface area contributed by atoms with Gasteiger partial charge in [0.1, 0.15) is 4.90 Å². The fraction of sp³-hybridized carbons (Fsp3) is 0.600. The highest BCUT2D eigenvalue weighted by atomic mass is 32.2. The molecule has 2 saturated heterocycles. The molecule has 5 atom stereocenters. The molecule has 0 unspecified atom stereocenters. The number of fused-ring (bicyclic) bond motifs is 1. The number of carbonyl (C=O) groups excluding carboxylic acids is 1. The van der Waals surface area contributed by atoms with Gasteiger partial charge in [-0.2, -0.15) is 9.40 Å². The topological polar surface area (TPSA) is 75.5 Å². The Labute approximate surface area is 196 Å². The number of benzene rings is 1. The lowest BCUT2D eigenvalue weighted by Crippen LogP contribution is -2.61. The zero-order valence-corrected chi connectivity index (χ0v) is 20.8. The van der Waals surface area contributed by atoms with E-state index >= 15 is 0 Å². The summed E-state index contributed by atoms with van der Waals surface area (Å²) in [6.45, 7) is 5.63. The molecular weight excluding hydrogens is 436 g/mol. The number of sulfonamides is 1. The molecule has 2 bridgehead atoms. The monoisotopic (exact) mass is 470 g/mol. The third-order valence-electron chi connectivity index (χ3n) is 8.32. The van der Waals surface area contributed by atoms with Gasteiger partial charge in [-0.3, -0.25) is 9.48 Å². The van der Waals surface area contributed by atoms with Crippen LogP contribution in [0.5, 0.6) is 0 Å². The van der Waals surface area contributed by atoms with Gasteiger partial charge in [-0.05, 0) is 38.2 Å². The van der Waals surface area contributed by atoms with Gasteiger partial charge in [0.25, 0.3) is 0 Å². The number of nitrogens with zero attached hydrogens (tertiary/aromatic N) is 4. The van der Waals surface area contributed by atoms with Gasteiger partial charge in [0.05, 0.1) is 5.69 Å². The van der Waals surface area contributed by atoms with Crippen LogP contribution in [-0.2, 0) is 28.3 Å². The minimum absolute atomic E-state index is 0.0595. The van der Waals surface area contributed by atoms with Crippen molar-refractivity contribution in [2.24, 2.45) is 12.5 Å². The van der Waals surface area contributed by atoms with Crippen LogP contribution in [0.4, 0.5) is 0 Å². The molecule has 2 aliphatic heterocycles. The molecular formula is C25H34N4O3S. The summed E-state index contributed by atoms with van der Waals surface area (Å²) in [5.74, 6) is 0.0595. The number of hydrogen-bond donors (Lipinski definition) is 0. The molecule has 1 aromatic carbocycles. The molecule has 5 rings (SSSR count). The van der Waals surface area contributed by atoms with Crippen molar-refractivity contribution in [1.29, 1.82) is 0 Å². The normalized spacial score (nSPS) is 32.1. The third kappa shape index (κ3) is 3.44. The first-order valence-corrected chi connectivity index (χ1v) is 13.4. The Bertz CT molecular complexity index is 1160. The van der Waals surface area contributed by atoms with Crippen LogP contribution in [-0.4, -0.2) is 57.5 Å². The van der Waals surface area contributed by atoms with Gasteiger partial charge in [-0.15, -0.1) is 0 Å². The van der Waals surface area contributed by atoms with Crippen molar-refractivity contribution in [3.05, 3.63) is 47.8 Å². The van der Waals surface area contributed by atoms with Gasteiger partial charge in [-0.1, -0.05) is 50.1 Å². The fourth-order valence-corrected chi connectivity index (χ4v) is 9.21. The number of likely N-dealkylation sites (tertiary alicyclic amines) is 1. The minimum Gasteiger partial charge on any atom is -0.335 e. The summed E-state index contributed by atoms with van der Waals surface area (Å²) in [6.07, 6.45) is 6.85. The second kappa shape index (κ2) is 7.94. The number of amides is 1. The second-order valence-corrected chi connectivity index (χ2v) is 12.2. The molecule has 0 N–H and O–H groups in total. The lowest BCUT2D eigenvalue weighted by Gasteiger charge is -2.49. The Morgan fingerprint density at radius 1 is 1.15 bits per heavy atom. The van der Waals surface area contributed by atoms with Gasteiger partial charge in [0.15, 0.2) is 0 Å². The molecule has 3 aliphatic rings. The van der Waals surface area contributed by atoms with Crippen LogP contribution in [0.25, 0.3) is 0 Å². The molecule has 33 heavy (non-hydrogen) atoms. The lowest BCUT2D eigenvalue weighted by atomic mass is 9.70. The van der Waals surface area contributed by atoms with E-state index in [1.165, 1.54) is 0 Å². The number of aromatic nitrogens is 2. The average molecular weight is 471 g/mol. The zero-order chi connectivity index (χ0) is 23.5. The van der Waals surface area contributed by atoms with Crippen LogP contribution < -0.4 is 0 Å². The van der Waals surface area contributed by atoms with Gasteiger partial charge in [0, 0.05) is 49.8 Å². The third-order valence-corrected chi connectivity index (χ3v) is 10.4. The SMILES string of the molecule is CC(=O)N1[C@H]2CCCC[C@H]3N(S(=O)(=O)c4cn(C)nc4C)[C@@H](Cc4ccccc4)[C@@H]1C[C@@]23C. The van der Waals surface area contributed by atoms with Crippen LogP contribution >= 0.6 is 0 Å². The molecule has 2 aromatic rings. The number of carbonyl (C=O) groups is 1. The molecule has 178 valence electrons. The van der Waals surface area contributed by atoms with Crippen molar-refractivity contribution >= 4 is 15.9 Å². The van der Waals surface area contributed by atoms with E-state index in [1.807, 2.05) is 22.5 Å². The summed E-state index contributed by atoms with van der Waals surface area (Å²) >= 11 is 0. The molecule has 7 nitrogen and oxygen atoms in total. The highest BCUT2D eigenvalue weighted by molar-refractivity contribution is 7.89. The van der Waals surface area contributed by atoms with Crippen molar-refractivity contribution in [2.75, 3.05) is 0 Å². The fourth-order valence-electron chi connectivity index (χ4n) is 7.03. The highest BCUT2D eigenvalue weighted by Crippen LogP contribution is 2.56. The number of rotatable bonds is 4. The average Bonchev–Trinajstić information content (AvgIpc) is 3.18. The summed E-state index contributed by atoms with van der Waals surface area (Å²) in [6, 6.07) is 9.59. The van der Waals surface area contributed by atoms with Crippen LogP contribution in [0, 0.1) is 12.3 Å². The first kappa shape index (κ1) is 22.6. The molecule has 1 aromatic heterocycles. The maximum Gasteiger partial charge on any atom is 0.247 e. The standard InChI is InChI=1S/C25H34N4O3S/c1-17-22(16-27(4)26-17)33(31,32)29-20(14-19-10-6-5-7-11-19)21-15-25(3)23(28(21)18(2)30)12-8-9-13-24(25)29/h5-7,10-11,16,20-21,23-24H,8-9,12-15H2,1-4H3/t20-,21-,23-,24+,25-/m0/s1. The Hall–Kier alpha value is -2.19. The van der Waals surface area contributed by atoms with E-state index in [2.05, 4.69) is 29.1 Å². The van der Waals surface area contributed by atoms with Crippen LogP contribution in [0.3, 0.4) is 0 Å². The molecule has 0 radical (unpaired) electrons. The number of hydrogen-bond acceptors (Lipinski definition) is 4. The summed E-state index contributed by atoms with van der Waals surface area (Å²) in [4.78, 5) is 15.3. The van der Waals surface area contributed by atoms with E-state index in [0.29, 0.717) is 12.1 Å². The Morgan fingerprint density at radius 3 is 2.42 bits per heavy atom. The van der Waals surface area contributed by atoms with Crippen molar-refractivity contribution in [1.82, 2.24) is 19.0 Å². The van der Waals surface area contributed by atoms with Crippen molar-refractivity contribution in [2.45, 2.75) is 88.4 Å². The van der Waals surface area contributed by atoms with E-state index in [-0.39, 0.29) is 40.4 Å². The van der Waals surface area contributed by atoms with Crippen molar-refractivity contribution in [3.8, 4) is 0 Å². The quantitative estimate of drug-likeness (QED) is 0.687. The van der Waals surface area contributed by atoms with Crippen LogP contribution in [0.15, 0.2) is 41.4 Å². The van der Waals surface area contributed by atoms with Crippen LogP contribution in [0.1, 0.15) is 57.2 Å². The number of piperidine rings is 1. The minimum atomic E-state index is -3.81. The maximum atomic E-state index is 14.3. The van der Waals surface area contributed by atoms with E-state index in [0.717, 1.165) is 37.7 Å². The number of aryl methyl sites for hydroxylation is 2. The Balaban J connectivity index is 1.70. The summed E-state index contributed by atoms with van der Waals surface area (Å²) in [5.41, 5.74) is 1.37. The van der Waals surface area contributed by atoms with E-state index in [4.69, 9.17) is 0 Å². The Kier molecular flexibility index (Phi) is 5.44. The van der Waals surface area contributed by atoms with E-state index in [1.54, 1.807) is 31.8 Å². The molecule has 0 spiro atoms. The van der Waals surface area contributed by atoms with Gasteiger partial charge >= 0.3 is 0 Å². The lowest BCUT2D eigenvalue weighted by molar-refractivity contribution is -0.132. The molecule has 3 fully saturated rings. The molecule has 1 aliphatic carbocycles. The summed E-state index contributed by atoms with van der Waals surface area (Å²) in [7, 11) is -2.05. The second-order valence-electron chi connectivity index (χ2n) is 10.4. The van der Waals surface area contributed by atoms with Gasteiger partial charge < -0.3 is 4.90 Å². The molecule has 1 saturated carbocycles. The van der Waals surface area contributed by atoms with Crippen molar-refractivity contribution in [3.63, 3.8) is 0 Å². The maximum absolute atomic E-state index is 14.3. The summed E-state index contributed by atoms with van der Waals surface area (Å²) in [5, 5.41) is 4.34. The smallest absolute Gasteiger partial charge is 0.247 e. The summed E-state index contributed by atoms with van der Waals surface area (Å²) < 4.78 is 32.1. The molecule has 1 amide bonds. The van der Waals surface area contributed by atoms with Gasteiger partial charge in [-0.25, -0.2) is 8.42 Å². The predicted molar refractivity (Wildman–Crippen MR) is 126 cm³/mol. The van der Waals surface area contributed by atoms with E-state index in [9.17, 15) is 13.2 Å². The largest absolute Gasteiger partial charge is 0.335 e.